The fourth-order valence-electron chi connectivity index (χ4n) is 2.66. The van der Waals surface area contributed by atoms with Gasteiger partial charge < -0.3 is 20.7 Å². The lowest BCUT2D eigenvalue weighted by molar-refractivity contribution is 0.0956. The molecular formula is C22H30FIN4O2. The van der Waals surface area contributed by atoms with E-state index in [1.165, 1.54) is 12.1 Å². The van der Waals surface area contributed by atoms with Crippen LogP contribution in [0, 0.1) is 5.82 Å². The second kappa shape index (κ2) is 13.8. The van der Waals surface area contributed by atoms with Crippen LogP contribution in [0.3, 0.4) is 0 Å². The Bertz CT molecular complexity index is 815. The molecule has 0 saturated carbocycles. The van der Waals surface area contributed by atoms with E-state index in [4.69, 9.17) is 4.74 Å². The van der Waals surface area contributed by atoms with E-state index in [9.17, 15) is 9.18 Å². The number of ether oxygens (including phenoxy) is 1. The molecule has 3 N–H and O–H groups in total. The highest BCUT2D eigenvalue weighted by Crippen LogP contribution is 2.14. The summed E-state index contributed by atoms with van der Waals surface area (Å²) in [5.41, 5.74) is 1.67. The molecule has 2 aromatic rings. The lowest BCUT2D eigenvalue weighted by atomic mass is 10.1. The summed E-state index contributed by atoms with van der Waals surface area (Å²) in [6.07, 6.45) is 0.647. The van der Waals surface area contributed by atoms with Crippen LogP contribution in [0.15, 0.2) is 53.5 Å². The zero-order valence-corrected chi connectivity index (χ0v) is 19.9. The minimum absolute atomic E-state index is 0. The maximum atomic E-state index is 13.3. The first kappa shape index (κ1) is 25.7. The maximum absolute atomic E-state index is 13.3. The van der Waals surface area contributed by atoms with E-state index < -0.39 is 0 Å². The molecule has 0 aliphatic rings. The summed E-state index contributed by atoms with van der Waals surface area (Å²) in [5, 5.41) is 9.24. The average Bonchev–Trinajstić information content (AvgIpc) is 2.73. The molecule has 0 aromatic heterocycles. The van der Waals surface area contributed by atoms with Gasteiger partial charge in [0.1, 0.15) is 17.7 Å². The summed E-state index contributed by atoms with van der Waals surface area (Å²) in [7, 11) is 1.70. The molecule has 0 bridgehead atoms. The number of carbonyl (C=O) groups excluding carboxylic acids is 1. The third-order valence-electron chi connectivity index (χ3n) is 4.29. The van der Waals surface area contributed by atoms with E-state index in [-0.39, 0.29) is 41.8 Å². The summed E-state index contributed by atoms with van der Waals surface area (Å²) in [6.45, 7) is 5.60. The van der Waals surface area contributed by atoms with Crippen LogP contribution in [-0.4, -0.2) is 38.1 Å². The first-order chi connectivity index (χ1) is 14.0. The van der Waals surface area contributed by atoms with Gasteiger partial charge in [-0.2, -0.15) is 0 Å². The van der Waals surface area contributed by atoms with Gasteiger partial charge in [0, 0.05) is 31.8 Å². The van der Waals surface area contributed by atoms with Crippen molar-refractivity contribution in [3.05, 3.63) is 65.5 Å². The molecule has 0 aliphatic carbocycles. The molecule has 0 heterocycles. The molecular weight excluding hydrogens is 498 g/mol. The van der Waals surface area contributed by atoms with Gasteiger partial charge in [-0.25, -0.2) is 4.39 Å². The number of halogens is 2. The molecule has 0 fully saturated rings. The lowest BCUT2D eigenvalue weighted by Gasteiger charge is -2.20. The van der Waals surface area contributed by atoms with Gasteiger partial charge in [-0.05, 0) is 43.2 Å². The lowest BCUT2D eigenvalue weighted by Crippen LogP contribution is -2.42. The summed E-state index contributed by atoms with van der Waals surface area (Å²) in [4.78, 5) is 16.0. The highest BCUT2D eigenvalue weighted by molar-refractivity contribution is 14.0. The van der Waals surface area contributed by atoms with Gasteiger partial charge in [-0.3, -0.25) is 9.79 Å². The van der Waals surface area contributed by atoms with E-state index in [2.05, 4.69) is 20.9 Å². The van der Waals surface area contributed by atoms with E-state index in [0.29, 0.717) is 36.9 Å². The largest absolute Gasteiger partial charge is 0.489 e. The Hall–Kier alpha value is -2.36. The average molecular weight is 528 g/mol. The fraction of sp³-hybridized carbons (Fsp3) is 0.364. The van der Waals surface area contributed by atoms with Crippen LogP contribution in [0.1, 0.15) is 36.2 Å². The summed E-state index contributed by atoms with van der Waals surface area (Å²) in [5.74, 6) is 0.752. The molecule has 1 unspecified atom stereocenters. The van der Waals surface area contributed by atoms with Gasteiger partial charge >= 0.3 is 0 Å². The minimum Gasteiger partial charge on any atom is -0.489 e. The van der Waals surface area contributed by atoms with Crippen LogP contribution >= 0.6 is 24.0 Å². The summed E-state index contributed by atoms with van der Waals surface area (Å²) in [6, 6.07) is 13.6. The van der Waals surface area contributed by atoms with E-state index in [1.54, 1.807) is 31.3 Å². The minimum atomic E-state index is -0.319. The SMILES string of the molecule is CCNC(=O)c1ccc(CNC(=NC)NCC(CC)Oc2cccc(F)c2)cc1.I. The number of benzene rings is 2. The predicted molar refractivity (Wildman–Crippen MR) is 129 cm³/mol. The van der Waals surface area contributed by atoms with Crippen molar-refractivity contribution >= 4 is 35.8 Å². The second-order valence-electron chi connectivity index (χ2n) is 6.47. The smallest absolute Gasteiger partial charge is 0.251 e. The van der Waals surface area contributed by atoms with Gasteiger partial charge in [0.05, 0.1) is 6.54 Å². The molecule has 1 amide bonds. The normalized spacial score (nSPS) is 11.8. The zero-order valence-electron chi connectivity index (χ0n) is 17.6. The standard InChI is InChI=1S/C22H29FN4O2.HI/c1-4-19(29-20-8-6-7-18(23)13-20)15-27-22(24-3)26-14-16-9-11-17(12-10-16)21(28)25-5-2;/h6-13,19H,4-5,14-15H2,1-3H3,(H,25,28)(H2,24,26,27);1H. The number of hydrogen-bond donors (Lipinski definition) is 3. The summed E-state index contributed by atoms with van der Waals surface area (Å²) >= 11 is 0. The van der Waals surface area contributed by atoms with Crippen LogP contribution in [0.25, 0.3) is 0 Å². The van der Waals surface area contributed by atoms with Crippen molar-refractivity contribution in [3.8, 4) is 5.75 Å². The first-order valence-corrected chi connectivity index (χ1v) is 9.79. The molecule has 0 radical (unpaired) electrons. The monoisotopic (exact) mass is 528 g/mol. The van der Waals surface area contributed by atoms with E-state index >= 15 is 0 Å². The maximum Gasteiger partial charge on any atom is 0.251 e. The predicted octanol–water partition coefficient (Wildman–Crippen LogP) is 3.72. The Morgan fingerprint density at radius 2 is 1.83 bits per heavy atom. The number of rotatable bonds is 9. The van der Waals surface area contributed by atoms with Crippen LogP contribution in [0.4, 0.5) is 4.39 Å². The van der Waals surface area contributed by atoms with Crippen LogP contribution < -0.4 is 20.7 Å². The van der Waals surface area contributed by atoms with Crippen molar-refractivity contribution < 1.29 is 13.9 Å². The number of guanidine groups is 1. The topological polar surface area (TPSA) is 74.8 Å². The third kappa shape index (κ3) is 8.56. The van der Waals surface area contributed by atoms with Crippen molar-refractivity contribution in [1.82, 2.24) is 16.0 Å². The zero-order chi connectivity index (χ0) is 21.1. The Balaban J connectivity index is 0.00000450. The molecule has 164 valence electrons. The molecule has 1 atom stereocenters. The van der Waals surface area contributed by atoms with Crippen LogP contribution in [0.5, 0.6) is 5.75 Å². The number of carbonyl (C=O) groups is 1. The fourth-order valence-corrected chi connectivity index (χ4v) is 2.66. The molecule has 2 rings (SSSR count). The van der Waals surface area contributed by atoms with Gasteiger partial charge in [-0.1, -0.05) is 25.1 Å². The van der Waals surface area contributed by atoms with Gasteiger partial charge in [0.25, 0.3) is 5.91 Å². The van der Waals surface area contributed by atoms with Crippen molar-refractivity contribution in [3.63, 3.8) is 0 Å². The Morgan fingerprint density at radius 1 is 1.10 bits per heavy atom. The molecule has 0 aliphatic heterocycles. The number of amides is 1. The number of nitrogens with one attached hydrogen (secondary N) is 3. The van der Waals surface area contributed by atoms with Gasteiger partial charge in [0.2, 0.25) is 0 Å². The molecule has 0 spiro atoms. The van der Waals surface area contributed by atoms with Crippen molar-refractivity contribution in [1.29, 1.82) is 0 Å². The van der Waals surface area contributed by atoms with Crippen LogP contribution in [0.2, 0.25) is 0 Å². The van der Waals surface area contributed by atoms with Gasteiger partial charge in [0.15, 0.2) is 5.96 Å². The third-order valence-corrected chi connectivity index (χ3v) is 4.29. The number of aliphatic imine (C=N–C) groups is 1. The molecule has 30 heavy (non-hydrogen) atoms. The second-order valence-corrected chi connectivity index (χ2v) is 6.47. The quantitative estimate of drug-likeness (QED) is 0.264. The van der Waals surface area contributed by atoms with Gasteiger partial charge in [-0.15, -0.1) is 24.0 Å². The van der Waals surface area contributed by atoms with E-state index in [0.717, 1.165) is 12.0 Å². The van der Waals surface area contributed by atoms with Crippen LogP contribution in [-0.2, 0) is 6.54 Å². The Morgan fingerprint density at radius 3 is 2.43 bits per heavy atom. The van der Waals surface area contributed by atoms with Crippen molar-refractivity contribution in [2.45, 2.75) is 32.9 Å². The number of hydrogen-bond acceptors (Lipinski definition) is 3. The van der Waals surface area contributed by atoms with Crippen molar-refractivity contribution in [2.75, 3.05) is 20.1 Å². The molecule has 2 aromatic carbocycles. The van der Waals surface area contributed by atoms with E-state index in [1.807, 2.05) is 26.0 Å². The highest BCUT2D eigenvalue weighted by atomic mass is 127. The highest BCUT2D eigenvalue weighted by Gasteiger charge is 2.10. The Labute approximate surface area is 194 Å². The Kier molecular flexibility index (Phi) is 11.8. The molecule has 8 heteroatoms. The number of nitrogens with zero attached hydrogens (tertiary/aromatic N) is 1. The molecule has 6 nitrogen and oxygen atoms in total. The van der Waals surface area contributed by atoms with Crippen molar-refractivity contribution in [2.24, 2.45) is 4.99 Å². The first-order valence-electron chi connectivity index (χ1n) is 9.79. The summed E-state index contributed by atoms with van der Waals surface area (Å²) < 4.78 is 19.1. The molecule has 0 saturated heterocycles.